The highest BCUT2D eigenvalue weighted by atomic mass is 19.1. The summed E-state index contributed by atoms with van der Waals surface area (Å²) in [5, 5.41) is 10.1. The van der Waals surface area contributed by atoms with E-state index in [1.54, 1.807) is 12.1 Å². The van der Waals surface area contributed by atoms with Gasteiger partial charge in [-0.15, -0.1) is 0 Å². The minimum absolute atomic E-state index is 0.326. The van der Waals surface area contributed by atoms with Crippen LogP contribution in [0.25, 0.3) is 0 Å². The number of benzene rings is 1. The van der Waals surface area contributed by atoms with E-state index in [1.807, 2.05) is 6.92 Å². The van der Waals surface area contributed by atoms with Crippen molar-refractivity contribution in [3.8, 4) is 5.75 Å². The molecule has 118 valence electrons. The summed E-state index contributed by atoms with van der Waals surface area (Å²) in [6.45, 7) is 4.21. The van der Waals surface area contributed by atoms with Crippen LogP contribution in [0.4, 0.5) is 4.39 Å². The van der Waals surface area contributed by atoms with Gasteiger partial charge >= 0.3 is 0 Å². The van der Waals surface area contributed by atoms with Crippen LogP contribution in [-0.2, 0) is 0 Å². The SMILES string of the molecule is COc1cccc(F)c1C(N)CCN1CCCC(C)(O)C1. The van der Waals surface area contributed by atoms with Gasteiger partial charge in [-0.2, -0.15) is 0 Å². The summed E-state index contributed by atoms with van der Waals surface area (Å²) in [6.07, 6.45) is 2.44. The van der Waals surface area contributed by atoms with Crippen molar-refractivity contribution in [2.45, 2.75) is 37.8 Å². The van der Waals surface area contributed by atoms with Crippen molar-refractivity contribution in [1.29, 1.82) is 0 Å². The van der Waals surface area contributed by atoms with Gasteiger partial charge in [-0.25, -0.2) is 4.39 Å². The van der Waals surface area contributed by atoms with Crippen LogP contribution in [0, 0.1) is 5.82 Å². The smallest absolute Gasteiger partial charge is 0.131 e. The average molecular weight is 296 g/mol. The van der Waals surface area contributed by atoms with Gasteiger partial charge in [0.05, 0.1) is 12.7 Å². The van der Waals surface area contributed by atoms with Crippen LogP contribution in [0.5, 0.6) is 5.75 Å². The number of hydrogen-bond donors (Lipinski definition) is 2. The lowest BCUT2D eigenvalue weighted by molar-refractivity contribution is -0.0161. The average Bonchev–Trinajstić information content (AvgIpc) is 2.43. The summed E-state index contributed by atoms with van der Waals surface area (Å²) in [7, 11) is 1.52. The molecule has 1 heterocycles. The van der Waals surface area contributed by atoms with E-state index in [1.165, 1.54) is 13.2 Å². The molecule has 21 heavy (non-hydrogen) atoms. The molecule has 3 N–H and O–H groups in total. The fraction of sp³-hybridized carbons (Fsp3) is 0.625. The molecule has 0 amide bonds. The van der Waals surface area contributed by atoms with Crippen LogP contribution < -0.4 is 10.5 Å². The minimum Gasteiger partial charge on any atom is -0.496 e. The Hall–Kier alpha value is -1.17. The van der Waals surface area contributed by atoms with E-state index in [-0.39, 0.29) is 5.82 Å². The molecule has 1 aliphatic heterocycles. The van der Waals surface area contributed by atoms with E-state index < -0.39 is 11.6 Å². The number of nitrogens with zero attached hydrogens (tertiary/aromatic N) is 1. The molecule has 0 radical (unpaired) electrons. The molecular formula is C16H25FN2O2. The van der Waals surface area contributed by atoms with Gasteiger partial charge in [-0.3, -0.25) is 0 Å². The normalized spacial score (nSPS) is 24.8. The van der Waals surface area contributed by atoms with E-state index >= 15 is 0 Å². The van der Waals surface area contributed by atoms with Gasteiger partial charge in [0, 0.05) is 24.7 Å². The maximum atomic E-state index is 14.0. The van der Waals surface area contributed by atoms with E-state index in [9.17, 15) is 9.50 Å². The molecule has 1 aliphatic rings. The number of likely N-dealkylation sites (tertiary alicyclic amines) is 1. The summed E-state index contributed by atoms with van der Waals surface area (Å²) < 4.78 is 19.2. The molecule has 1 aromatic carbocycles. The van der Waals surface area contributed by atoms with E-state index in [2.05, 4.69) is 4.90 Å². The minimum atomic E-state index is -0.627. The van der Waals surface area contributed by atoms with Crippen LogP contribution in [0.15, 0.2) is 18.2 Å². The first-order valence-corrected chi connectivity index (χ1v) is 7.46. The van der Waals surface area contributed by atoms with Gasteiger partial charge in [-0.1, -0.05) is 6.07 Å². The van der Waals surface area contributed by atoms with Gasteiger partial charge in [0.1, 0.15) is 11.6 Å². The number of methoxy groups -OCH3 is 1. The largest absolute Gasteiger partial charge is 0.496 e. The number of hydrogen-bond acceptors (Lipinski definition) is 4. The molecule has 2 unspecified atom stereocenters. The second-order valence-electron chi connectivity index (χ2n) is 6.13. The molecule has 4 nitrogen and oxygen atoms in total. The molecule has 1 fully saturated rings. The van der Waals surface area contributed by atoms with Crippen molar-refractivity contribution in [1.82, 2.24) is 4.90 Å². The highest BCUT2D eigenvalue weighted by Crippen LogP contribution is 2.29. The van der Waals surface area contributed by atoms with E-state index in [0.717, 1.165) is 25.9 Å². The van der Waals surface area contributed by atoms with Gasteiger partial charge in [0.15, 0.2) is 0 Å². The number of β-amino-alcohol motifs (C(OH)–C–C–N with tert-alkyl or cyclic N) is 1. The molecule has 5 heteroatoms. The number of rotatable bonds is 5. The molecule has 0 aromatic heterocycles. The quantitative estimate of drug-likeness (QED) is 0.873. The van der Waals surface area contributed by atoms with E-state index in [0.29, 0.717) is 24.3 Å². The molecule has 2 rings (SSSR count). The second kappa shape index (κ2) is 6.73. The number of aliphatic hydroxyl groups is 1. The van der Waals surface area contributed by atoms with Gasteiger partial charge < -0.3 is 20.5 Å². The van der Waals surface area contributed by atoms with Crippen molar-refractivity contribution >= 4 is 0 Å². The number of nitrogens with two attached hydrogens (primary N) is 1. The molecule has 0 bridgehead atoms. The van der Waals surface area contributed by atoms with Crippen molar-refractivity contribution in [2.75, 3.05) is 26.7 Å². The third-order valence-corrected chi connectivity index (χ3v) is 4.11. The highest BCUT2D eigenvalue weighted by molar-refractivity contribution is 5.37. The van der Waals surface area contributed by atoms with Crippen LogP contribution in [0.1, 0.15) is 37.8 Å². The standard InChI is InChI=1S/C16H25FN2O2/c1-16(20)8-4-9-19(11-16)10-7-13(18)15-12(17)5-3-6-14(15)21-2/h3,5-6,13,20H,4,7-11,18H2,1-2H3. The predicted molar refractivity (Wildman–Crippen MR) is 80.8 cm³/mol. The highest BCUT2D eigenvalue weighted by Gasteiger charge is 2.28. The molecule has 1 aromatic rings. The number of halogens is 1. The van der Waals surface area contributed by atoms with Crippen LogP contribution >= 0.6 is 0 Å². The Labute approximate surface area is 125 Å². The predicted octanol–water partition coefficient (Wildman–Crippen LogP) is 2.07. The Morgan fingerprint density at radius 1 is 1.52 bits per heavy atom. The van der Waals surface area contributed by atoms with Crippen molar-refractivity contribution < 1.29 is 14.2 Å². The third-order valence-electron chi connectivity index (χ3n) is 4.11. The molecule has 0 spiro atoms. The maximum Gasteiger partial charge on any atom is 0.131 e. The molecule has 1 saturated heterocycles. The molecule has 0 aliphatic carbocycles. The van der Waals surface area contributed by atoms with Gasteiger partial charge in [0.25, 0.3) is 0 Å². The number of piperidine rings is 1. The van der Waals surface area contributed by atoms with Gasteiger partial charge in [0.2, 0.25) is 0 Å². The summed E-state index contributed by atoms with van der Waals surface area (Å²) in [4.78, 5) is 2.19. The summed E-state index contributed by atoms with van der Waals surface area (Å²) in [5.41, 5.74) is 5.95. The summed E-state index contributed by atoms with van der Waals surface area (Å²) >= 11 is 0. The Bertz CT molecular complexity index is 479. The molecule has 0 saturated carbocycles. The zero-order chi connectivity index (χ0) is 15.5. The fourth-order valence-electron chi connectivity index (χ4n) is 3.04. The lowest BCUT2D eigenvalue weighted by Crippen LogP contribution is -2.46. The van der Waals surface area contributed by atoms with Crippen LogP contribution in [-0.4, -0.2) is 42.4 Å². The third kappa shape index (κ3) is 4.15. The Balaban J connectivity index is 1.97. The lowest BCUT2D eigenvalue weighted by Gasteiger charge is -2.37. The van der Waals surface area contributed by atoms with E-state index in [4.69, 9.17) is 10.5 Å². The fourth-order valence-corrected chi connectivity index (χ4v) is 3.04. The maximum absolute atomic E-state index is 14.0. The summed E-state index contributed by atoms with van der Waals surface area (Å²) in [5.74, 6) is 0.167. The Kier molecular flexibility index (Phi) is 5.19. The number of ether oxygens (including phenoxy) is 1. The van der Waals surface area contributed by atoms with Crippen molar-refractivity contribution in [2.24, 2.45) is 5.73 Å². The van der Waals surface area contributed by atoms with Crippen LogP contribution in [0.3, 0.4) is 0 Å². The second-order valence-corrected chi connectivity index (χ2v) is 6.13. The Morgan fingerprint density at radius 3 is 2.95 bits per heavy atom. The van der Waals surface area contributed by atoms with Crippen molar-refractivity contribution in [3.05, 3.63) is 29.6 Å². The zero-order valence-electron chi connectivity index (χ0n) is 12.8. The van der Waals surface area contributed by atoms with Crippen LogP contribution in [0.2, 0.25) is 0 Å². The molecular weight excluding hydrogens is 271 g/mol. The first-order chi connectivity index (χ1) is 9.93. The molecule has 2 atom stereocenters. The lowest BCUT2D eigenvalue weighted by atomic mass is 9.94. The first-order valence-electron chi connectivity index (χ1n) is 7.46. The van der Waals surface area contributed by atoms with Crippen molar-refractivity contribution in [3.63, 3.8) is 0 Å². The summed E-state index contributed by atoms with van der Waals surface area (Å²) in [6, 6.07) is 4.34. The topological polar surface area (TPSA) is 58.7 Å². The van der Waals surface area contributed by atoms with Gasteiger partial charge in [-0.05, 0) is 44.9 Å². The monoisotopic (exact) mass is 296 g/mol. The first kappa shape index (κ1) is 16.2. The zero-order valence-corrected chi connectivity index (χ0v) is 12.8. The Morgan fingerprint density at radius 2 is 2.29 bits per heavy atom.